The molecule has 0 saturated heterocycles. The van der Waals surface area contributed by atoms with Gasteiger partial charge in [0.05, 0.1) is 11.1 Å². The number of halogens is 3. The van der Waals surface area contributed by atoms with E-state index in [0.29, 0.717) is 23.2 Å². The van der Waals surface area contributed by atoms with Crippen molar-refractivity contribution in [3.63, 3.8) is 0 Å². The molecule has 0 atom stereocenters. The van der Waals surface area contributed by atoms with Gasteiger partial charge in [-0.15, -0.1) is 0 Å². The van der Waals surface area contributed by atoms with E-state index in [-0.39, 0.29) is 23.2 Å². The molecular formula is C24H25F3N2O2. The summed E-state index contributed by atoms with van der Waals surface area (Å²) in [5.41, 5.74) is 1.01. The van der Waals surface area contributed by atoms with Crippen molar-refractivity contribution in [1.29, 1.82) is 0 Å². The highest BCUT2D eigenvalue weighted by atomic mass is 19.1. The second kappa shape index (κ2) is 8.75. The molecule has 0 radical (unpaired) electrons. The van der Waals surface area contributed by atoms with Gasteiger partial charge in [-0.05, 0) is 74.1 Å². The highest BCUT2D eigenvalue weighted by Crippen LogP contribution is 2.31. The lowest BCUT2D eigenvalue weighted by Gasteiger charge is -2.37. The van der Waals surface area contributed by atoms with Crippen LogP contribution < -0.4 is 5.32 Å². The minimum Gasteiger partial charge on any atom is -0.388 e. The molecule has 2 saturated carbocycles. The number of nitrogens with one attached hydrogen (secondary N) is 2. The first kappa shape index (κ1) is 21.4. The van der Waals surface area contributed by atoms with Crippen LogP contribution in [-0.2, 0) is 4.79 Å². The monoisotopic (exact) mass is 430 g/mol. The summed E-state index contributed by atoms with van der Waals surface area (Å²) in [6, 6.07) is 9.50. The summed E-state index contributed by atoms with van der Waals surface area (Å²) in [4.78, 5) is 14.3. The Balaban J connectivity index is 0.000000158. The Labute approximate surface area is 178 Å². The largest absolute Gasteiger partial charge is 0.388 e. The van der Waals surface area contributed by atoms with Crippen molar-refractivity contribution in [1.82, 2.24) is 10.3 Å². The molecule has 2 fully saturated rings. The molecule has 3 aromatic rings. The first-order valence-electron chi connectivity index (χ1n) is 10.6. The lowest BCUT2D eigenvalue weighted by molar-refractivity contribution is -0.129. The zero-order valence-electron chi connectivity index (χ0n) is 17.1. The van der Waals surface area contributed by atoms with Gasteiger partial charge in [0.15, 0.2) is 0 Å². The molecule has 1 amide bonds. The number of carbonyl (C=O) groups excluding carboxylic acids is 1. The van der Waals surface area contributed by atoms with E-state index in [1.54, 1.807) is 18.2 Å². The molecule has 2 aliphatic carbocycles. The average Bonchev–Trinajstić information content (AvgIpc) is 3.09. The number of rotatable bonds is 4. The Morgan fingerprint density at radius 2 is 1.74 bits per heavy atom. The van der Waals surface area contributed by atoms with Crippen LogP contribution in [0.3, 0.4) is 0 Å². The number of fused-ring (bicyclic) bond motifs is 1. The predicted molar refractivity (Wildman–Crippen MR) is 113 cm³/mol. The molecule has 3 N–H and O–H groups in total. The van der Waals surface area contributed by atoms with Gasteiger partial charge in [0.25, 0.3) is 0 Å². The molecule has 2 aliphatic rings. The van der Waals surface area contributed by atoms with Crippen molar-refractivity contribution >= 4 is 16.8 Å². The van der Waals surface area contributed by atoms with E-state index < -0.39 is 17.2 Å². The van der Waals surface area contributed by atoms with Crippen LogP contribution in [0.2, 0.25) is 0 Å². The van der Waals surface area contributed by atoms with Crippen LogP contribution in [0.4, 0.5) is 13.2 Å². The standard InChI is InChI=1S/C14H8F3N.C10H17NO2/c15-10-3-1-8(2-4-10)13-6-9-5-11(16)7-12(17)14(9)18-13;12-9(8-3-1-4-8)11-7-10(13)5-2-6-10/h1-7,18H;8,13H,1-7H2,(H,11,12). The van der Waals surface area contributed by atoms with E-state index in [4.69, 9.17) is 0 Å². The van der Waals surface area contributed by atoms with Gasteiger partial charge in [-0.2, -0.15) is 0 Å². The maximum Gasteiger partial charge on any atom is 0.223 e. The molecule has 0 aliphatic heterocycles. The molecule has 1 aromatic heterocycles. The molecule has 0 bridgehead atoms. The van der Waals surface area contributed by atoms with Crippen molar-refractivity contribution in [2.24, 2.45) is 5.92 Å². The number of carbonyl (C=O) groups is 1. The highest BCUT2D eigenvalue weighted by molar-refractivity contribution is 5.86. The molecule has 1 heterocycles. The topological polar surface area (TPSA) is 65.1 Å². The lowest BCUT2D eigenvalue weighted by atomic mass is 9.79. The van der Waals surface area contributed by atoms with E-state index in [2.05, 4.69) is 10.3 Å². The van der Waals surface area contributed by atoms with Crippen molar-refractivity contribution in [2.45, 2.75) is 44.1 Å². The van der Waals surface area contributed by atoms with Crippen LogP contribution in [0.25, 0.3) is 22.2 Å². The van der Waals surface area contributed by atoms with E-state index in [1.807, 2.05) is 0 Å². The fourth-order valence-electron chi connectivity index (χ4n) is 3.78. The van der Waals surface area contributed by atoms with E-state index in [1.165, 1.54) is 24.6 Å². The van der Waals surface area contributed by atoms with Gasteiger partial charge in [0.2, 0.25) is 5.91 Å². The molecular weight excluding hydrogens is 405 g/mol. The number of amides is 1. The van der Waals surface area contributed by atoms with Crippen LogP contribution in [0.1, 0.15) is 38.5 Å². The average molecular weight is 430 g/mol. The lowest BCUT2D eigenvalue weighted by Crippen LogP contribution is -2.49. The Morgan fingerprint density at radius 1 is 1.03 bits per heavy atom. The quantitative estimate of drug-likeness (QED) is 0.541. The van der Waals surface area contributed by atoms with Crippen LogP contribution in [0.5, 0.6) is 0 Å². The fourth-order valence-corrected chi connectivity index (χ4v) is 3.78. The number of aliphatic hydroxyl groups is 1. The predicted octanol–water partition coefficient (Wildman–Crippen LogP) is 5.07. The zero-order chi connectivity index (χ0) is 22.0. The van der Waals surface area contributed by atoms with Gasteiger partial charge in [-0.3, -0.25) is 4.79 Å². The number of aromatic nitrogens is 1. The molecule has 0 spiro atoms. The zero-order valence-corrected chi connectivity index (χ0v) is 17.1. The summed E-state index contributed by atoms with van der Waals surface area (Å²) in [5.74, 6) is -1.22. The van der Waals surface area contributed by atoms with Crippen molar-refractivity contribution in [3.8, 4) is 11.3 Å². The molecule has 31 heavy (non-hydrogen) atoms. The van der Waals surface area contributed by atoms with E-state index >= 15 is 0 Å². The van der Waals surface area contributed by atoms with Gasteiger partial charge in [0, 0.05) is 29.6 Å². The van der Waals surface area contributed by atoms with Gasteiger partial charge in [0.1, 0.15) is 17.5 Å². The minimum atomic E-state index is -0.640. The summed E-state index contributed by atoms with van der Waals surface area (Å²) in [6.45, 7) is 0.461. The number of H-pyrrole nitrogens is 1. The maximum atomic E-state index is 13.5. The number of hydrogen-bond acceptors (Lipinski definition) is 2. The molecule has 0 unspecified atom stereocenters. The molecule has 5 rings (SSSR count). The summed E-state index contributed by atoms with van der Waals surface area (Å²) in [6.07, 6.45) is 6.03. The Kier molecular flexibility index (Phi) is 6.05. The van der Waals surface area contributed by atoms with Crippen LogP contribution in [0, 0.1) is 23.4 Å². The summed E-state index contributed by atoms with van der Waals surface area (Å²) in [7, 11) is 0. The number of benzene rings is 2. The van der Waals surface area contributed by atoms with Gasteiger partial charge in [-0.1, -0.05) is 6.42 Å². The second-order valence-corrected chi connectivity index (χ2v) is 8.47. The van der Waals surface area contributed by atoms with Crippen LogP contribution in [-0.4, -0.2) is 28.1 Å². The Bertz CT molecular complexity index is 1070. The summed E-state index contributed by atoms with van der Waals surface area (Å²) < 4.78 is 39.4. The van der Waals surface area contributed by atoms with E-state index in [9.17, 15) is 23.1 Å². The van der Waals surface area contributed by atoms with Gasteiger partial charge < -0.3 is 15.4 Å². The molecule has 164 valence electrons. The third-order valence-corrected chi connectivity index (χ3v) is 6.15. The summed E-state index contributed by atoms with van der Waals surface area (Å²) >= 11 is 0. The normalized spacial score (nSPS) is 17.3. The summed E-state index contributed by atoms with van der Waals surface area (Å²) in [5, 5.41) is 13.0. The number of aromatic amines is 1. The first-order chi connectivity index (χ1) is 14.8. The van der Waals surface area contributed by atoms with Crippen LogP contribution >= 0.6 is 0 Å². The minimum absolute atomic E-state index is 0.145. The van der Waals surface area contributed by atoms with Crippen molar-refractivity contribution < 1.29 is 23.1 Å². The third-order valence-electron chi connectivity index (χ3n) is 6.15. The van der Waals surface area contributed by atoms with E-state index in [0.717, 1.165) is 38.2 Å². The Morgan fingerprint density at radius 3 is 2.32 bits per heavy atom. The SMILES string of the molecule is Fc1ccc(-c2cc3cc(F)cc(F)c3[nH]2)cc1.O=C(NCC1(O)CCC1)C1CCC1. The van der Waals surface area contributed by atoms with Crippen molar-refractivity contribution in [3.05, 3.63) is 59.9 Å². The third kappa shape index (κ3) is 4.93. The molecule has 4 nitrogen and oxygen atoms in total. The van der Waals surface area contributed by atoms with Gasteiger partial charge in [-0.25, -0.2) is 13.2 Å². The highest BCUT2D eigenvalue weighted by Gasteiger charge is 2.35. The molecule has 7 heteroatoms. The molecule has 2 aromatic carbocycles. The Hall–Kier alpha value is -2.80. The second-order valence-electron chi connectivity index (χ2n) is 8.47. The van der Waals surface area contributed by atoms with Crippen LogP contribution in [0.15, 0.2) is 42.5 Å². The number of hydrogen-bond donors (Lipinski definition) is 3. The van der Waals surface area contributed by atoms with Gasteiger partial charge >= 0.3 is 0 Å². The smallest absolute Gasteiger partial charge is 0.223 e. The first-order valence-corrected chi connectivity index (χ1v) is 10.6. The fraction of sp³-hybridized carbons (Fsp3) is 0.375. The maximum absolute atomic E-state index is 13.5. The van der Waals surface area contributed by atoms with Crippen molar-refractivity contribution in [2.75, 3.05) is 6.54 Å².